The SMILES string of the molecule is CC(C)c1cc(C(=O)N[C@H]2CCCc3c2[nH]c2ccccc32)n(C)n1. The molecule has 3 aromatic rings. The Kier molecular flexibility index (Phi) is 3.86. The molecule has 2 N–H and O–H groups in total. The zero-order chi connectivity index (χ0) is 17.6. The van der Waals surface area contributed by atoms with Gasteiger partial charge in [-0.25, -0.2) is 0 Å². The second kappa shape index (κ2) is 6.06. The lowest BCUT2D eigenvalue weighted by molar-refractivity contribution is 0.0922. The number of aromatic amines is 1. The number of benzene rings is 1. The number of H-pyrrole nitrogens is 1. The summed E-state index contributed by atoms with van der Waals surface area (Å²) in [6.07, 6.45) is 3.11. The summed E-state index contributed by atoms with van der Waals surface area (Å²) in [7, 11) is 1.83. The monoisotopic (exact) mass is 336 g/mol. The first-order valence-corrected chi connectivity index (χ1v) is 8.99. The van der Waals surface area contributed by atoms with Gasteiger partial charge >= 0.3 is 0 Å². The highest BCUT2D eigenvalue weighted by molar-refractivity contribution is 5.93. The molecule has 2 heterocycles. The predicted molar refractivity (Wildman–Crippen MR) is 98.7 cm³/mol. The van der Waals surface area contributed by atoms with E-state index in [-0.39, 0.29) is 11.9 Å². The summed E-state index contributed by atoms with van der Waals surface area (Å²) in [4.78, 5) is 16.3. The van der Waals surface area contributed by atoms with Crippen LogP contribution in [0.1, 0.15) is 66.1 Å². The molecule has 1 atom stereocenters. The van der Waals surface area contributed by atoms with E-state index >= 15 is 0 Å². The van der Waals surface area contributed by atoms with E-state index in [0.717, 1.165) is 36.2 Å². The number of hydrogen-bond acceptors (Lipinski definition) is 2. The molecule has 0 fully saturated rings. The molecule has 1 aliphatic carbocycles. The summed E-state index contributed by atoms with van der Waals surface area (Å²) in [5.41, 5.74) is 5.22. The number of rotatable bonds is 3. The van der Waals surface area contributed by atoms with Gasteiger partial charge in [0.25, 0.3) is 5.91 Å². The lowest BCUT2D eigenvalue weighted by Gasteiger charge is -2.23. The fourth-order valence-electron chi connectivity index (χ4n) is 3.78. The maximum Gasteiger partial charge on any atom is 0.270 e. The zero-order valence-electron chi connectivity index (χ0n) is 15.0. The summed E-state index contributed by atoms with van der Waals surface area (Å²) in [6.45, 7) is 4.17. The van der Waals surface area contributed by atoms with Crippen molar-refractivity contribution in [3.8, 4) is 0 Å². The Labute approximate surface area is 147 Å². The van der Waals surface area contributed by atoms with Crippen molar-refractivity contribution in [2.75, 3.05) is 0 Å². The van der Waals surface area contributed by atoms with Gasteiger partial charge in [0.05, 0.1) is 11.7 Å². The van der Waals surface area contributed by atoms with Gasteiger partial charge in [0, 0.05) is 23.6 Å². The molecule has 0 spiro atoms. The topological polar surface area (TPSA) is 62.7 Å². The zero-order valence-corrected chi connectivity index (χ0v) is 15.0. The molecular weight excluding hydrogens is 312 g/mol. The van der Waals surface area contributed by atoms with Crippen molar-refractivity contribution in [1.82, 2.24) is 20.1 Å². The van der Waals surface area contributed by atoms with Crippen LogP contribution in [-0.4, -0.2) is 20.7 Å². The number of amides is 1. The second-order valence-corrected chi connectivity index (χ2v) is 7.21. The fraction of sp³-hybridized carbons (Fsp3) is 0.400. The van der Waals surface area contributed by atoms with Crippen LogP contribution in [0.2, 0.25) is 0 Å². The molecule has 0 radical (unpaired) electrons. The van der Waals surface area contributed by atoms with E-state index in [4.69, 9.17) is 0 Å². The number of carbonyl (C=O) groups is 1. The number of aromatic nitrogens is 3. The van der Waals surface area contributed by atoms with Gasteiger partial charge in [-0.15, -0.1) is 0 Å². The molecule has 2 aromatic heterocycles. The minimum absolute atomic E-state index is 0.0287. The molecule has 5 heteroatoms. The van der Waals surface area contributed by atoms with Crippen LogP contribution >= 0.6 is 0 Å². The predicted octanol–water partition coefficient (Wildman–Crippen LogP) is 3.83. The van der Waals surface area contributed by atoms with Gasteiger partial charge in [-0.1, -0.05) is 32.0 Å². The molecule has 0 saturated heterocycles. The van der Waals surface area contributed by atoms with Crippen LogP contribution in [0.15, 0.2) is 30.3 Å². The maximum absolute atomic E-state index is 12.8. The van der Waals surface area contributed by atoms with Crippen molar-refractivity contribution in [1.29, 1.82) is 0 Å². The number of nitrogens with one attached hydrogen (secondary N) is 2. The van der Waals surface area contributed by atoms with Crippen molar-refractivity contribution >= 4 is 16.8 Å². The molecular formula is C20H24N4O. The number of nitrogens with zero attached hydrogens (tertiary/aromatic N) is 2. The third kappa shape index (κ3) is 2.73. The molecule has 130 valence electrons. The Bertz CT molecular complexity index is 934. The first-order chi connectivity index (χ1) is 12.0. The smallest absolute Gasteiger partial charge is 0.270 e. The van der Waals surface area contributed by atoms with Gasteiger partial charge in [-0.2, -0.15) is 5.10 Å². The third-order valence-electron chi connectivity index (χ3n) is 5.14. The molecule has 5 nitrogen and oxygen atoms in total. The van der Waals surface area contributed by atoms with Gasteiger partial charge in [0.2, 0.25) is 0 Å². The third-order valence-corrected chi connectivity index (χ3v) is 5.14. The van der Waals surface area contributed by atoms with E-state index in [0.29, 0.717) is 11.6 Å². The lowest BCUT2D eigenvalue weighted by Crippen LogP contribution is -2.32. The Hall–Kier alpha value is -2.56. The van der Waals surface area contributed by atoms with Crippen LogP contribution in [0.3, 0.4) is 0 Å². The van der Waals surface area contributed by atoms with Gasteiger partial charge in [-0.05, 0) is 42.9 Å². The number of fused-ring (bicyclic) bond motifs is 3. The van der Waals surface area contributed by atoms with Gasteiger partial charge in [0.15, 0.2) is 0 Å². The fourth-order valence-corrected chi connectivity index (χ4v) is 3.78. The number of carbonyl (C=O) groups excluding carboxylic acids is 1. The molecule has 0 aliphatic heterocycles. The van der Waals surface area contributed by atoms with E-state index in [2.05, 4.69) is 47.4 Å². The normalized spacial score (nSPS) is 17.0. The number of para-hydroxylation sites is 1. The van der Waals surface area contributed by atoms with E-state index in [1.54, 1.807) is 4.68 Å². The summed E-state index contributed by atoms with van der Waals surface area (Å²) >= 11 is 0. The number of aryl methyl sites for hydroxylation is 2. The van der Waals surface area contributed by atoms with Gasteiger partial charge < -0.3 is 10.3 Å². The standard InChI is InChI=1S/C20H24N4O/c1-12(2)17-11-18(24(3)23-17)20(25)22-16-10-6-8-14-13-7-4-5-9-15(13)21-19(14)16/h4-5,7,9,11-12,16,21H,6,8,10H2,1-3H3,(H,22,25)/t16-/m0/s1. The van der Waals surface area contributed by atoms with Crippen molar-refractivity contribution in [2.24, 2.45) is 7.05 Å². The summed E-state index contributed by atoms with van der Waals surface area (Å²) in [5, 5.41) is 8.94. The van der Waals surface area contributed by atoms with E-state index in [1.807, 2.05) is 19.2 Å². The van der Waals surface area contributed by atoms with Crippen molar-refractivity contribution in [3.05, 3.63) is 53.0 Å². The number of hydrogen-bond donors (Lipinski definition) is 2. The quantitative estimate of drug-likeness (QED) is 0.763. The highest BCUT2D eigenvalue weighted by Gasteiger charge is 2.26. The molecule has 4 rings (SSSR count). The van der Waals surface area contributed by atoms with Crippen molar-refractivity contribution in [3.63, 3.8) is 0 Å². The summed E-state index contributed by atoms with van der Waals surface area (Å²) < 4.78 is 1.68. The van der Waals surface area contributed by atoms with Crippen LogP contribution in [0.4, 0.5) is 0 Å². The van der Waals surface area contributed by atoms with Crippen LogP contribution in [0.25, 0.3) is 10.9 Å². The van der Waals surface area contributed by atoms with Crippen LogP contribution in [0, 0.1) is 0 Å². The van der Waals surface area contributed by atoms with Crippen LogP contribution < -0.4 is 5.32 Å². The molecule has 1 aliphatic rings. The Balaban J connectivity index is 1.63. The minimum atomic E-state index is -0.0570. The maximum atomic E-state index is 12.8. The van der Waals surface area contributed by atoms with Crippen LogP contribution in [0.5, 0.6) is 0 Å². The first-order valence-electron chi connectivity index (χ1n) is 8.99. The molecule has 1 aromatic carbocycles. The van der Waals surface area contributed by atoms with E-state index in [1.165, 1.54) is 10.9 Å². The summed E-state index contributed by atoms with van der Waals surface area (Å²) in [6, 6.07) is 10.3. The van der Waals surface area contributed by atoms with Crippen molar-refractivity contribution < 1.29 is 4.79 Å². The second-order valence-electron chi connectivity index (χ2n) is 7.21. The largest absolute Gasteiger partial charge is 0.356 e. The minimum Gasteiger partial charge on any atom is -0.356 e. The average molecular weight is 336 g/mol. The Morgan fingerprint density at radius 1 is 1.36 bits per heavy atom. The van der Waals surface area contributed by atoms with Crippen LogP contribution in [-0.2, 0) is 13.5 Å². The van der Waals surface area contributed by atoms with E-state index in [9.17, 15) is 4.79 Å². The molecule has 25 heavy (non-hydrogen) atoms. The van der Waals surface area contributed by atoms with Gasteiger partial charge in [0.1, 0.15) is 5.69 Å². The van der Waals surface area contributed by atoms with E-state index < -0.39 is 0 Å². The summed E-state index contributed by atoms with van der Waals surface area (Å²) in [5.74, 6) is 0.251. The molecule has 0 bridgehead atoms. The molecule has 1 amide bonds. The highest BCUT2D eigenvalue weighted by Crippen LogP contribution is 2.34. The lowest BCUT2D eigenvalue weighted by atomic mass is 9.91. The Morgan fingerprint density at radius 3 is 2.92 bits per heavy atom. The highest BCUT2D eigenvalue weighted by atomic mass is 16.2. The Morgan fingerprint density at radius 2 is 2.16 bits per heavy atom. The average Bonchev–Trinajstić information content (AvgIpc) is 3.16. The van der Waals surface area contributed by atoms with Gasteiger partial charge in [-0.3, -0.25) is 9.48 Å². The molecule has 0 unspecified atom stereocenters. The molecule has 0 saturated carbocycles. The first kappa shape index (κ1) is 15.9. The van der Waals surface area contributed by atoms with Crippen molar-refractivity contribution in [2.45, 2.75) is 45.1 Å².